The molecule has 0 radical (unpaired) electrons. The number of anilines is 3. The van der Waals surface area contributed by atoms with E-state index in [1.165, 1.54) is 33.8 Å². The Labute approximate surface area is 245 Å². The third kappa shape index (κ3) is 7.40. The van der Waals surface area contributed by atoms with Gasteiger partial charge in [0.1, 0.15) is 0 Å². The van der Waals surface area contributed by atoms with Crippen molar-refractivity contribution < 1.29 is 0 Å². The molecule has 1 fully saturated rings. The molecule has 39 heavy (non-hydrogen) atoms. The highest BCUT2D eigenvalue weighted by molar-refractivity contribution is 6.18. The molecule has 7 heteroatoms. The van der Waals surface area contributed by atoms with E-state index < -0.39 is 0 Å². The predicted octanol–water partition coefficient (Wildman–Crippen LogP) is 6.51. The van der Waals surface area contributed by atoms with Gasteiger partial charge in [0, 0.05) is 96.3 Å². The Bertz CT molecular complexity index is 1100. The van der Waals surface area contributed by atoms with Crippen LogP contribution in [0, 0.1) is 0 Å². The molecule has 0 saturated carbocycles. The van der Waals surface area contributed by atoms with Gasteiger partial charge in [-0.25, -0.2) is 0 Å². The van der Waals surface area contributed by atoms with Crippen LogP contribution >= 0.6 is 23.2 Å². The van der Waals surface area contributed by atoms with Gasteiger partial charge in [0.25, 0.3) is 0 Å². The van der Waals surface area contributed by atoms with E-state index in [0.29, 0.717) is 11.8 Å². The normalized spacial score (nSPS) is 14.9. The molecule has 1 heterocycles. The van der Waals surface area contributed by atoms with Gasteiger partial charge in [-0.1, -0.05) is 48.5 Å². The van der Waals surface area contributed by atoms with Crippen LogP contribution in [0.1, 0.15) is 29.3 Å². The standard InChI is InChI=1S/C32H43Cl2N5/c1-35(2)30-12-7-5-10-27(30)24-38-20-9-21-39(25-28-11-6-8-13-31(28)36(3)4)32(38)26-14-16-29(17-15-26)37(22-18-33)23-19-34/h5-8,10-17,32H,9,18-25H2,1-4H3. The Morgan fingerprint density at radius 1 is 0.667 bits per heavy atom. The van der Waals surface area contributed by atoms with Crippen molar-refractivity contribution in [1.29, 1.82) is 0 Å². The van der Waals surface area contributed by atoms with Gasteiger partial charge in [0.2, 0.25) is 0 Å². The number of hydrogen-bond donors (Lipinski definition) is 0. The third-order valence-electron chi connectivity index (χ3n) is 7.54. The summed E-state index contributed by atoms with van der Waals surface area (Å²) >= 11 is 12.2. The molecular weight excluding hydrogens is 525 g/mol. The number of halogens is 2. The molecule has 210 valence electrons. The maximum absolute atomic E-state index is 6.09. The second-order valence-electron chi connectivity index (χ2n) is 10.7. The predicted molar refractivity (Wildman–Crippen MR) is 170 cm³/mol. The first-order valence-electron chi connectivity index (χ1n) is 13.9. The SMILES string of the molecule is CN(C)c1ccccc1CN1CCCN(Cc2ccccc2N(C)C)C1c1ccc(N(CCCl)CCCl)cc1. The van der Waals surface area contributed by atoms with Crippen LogP contribution < -0.4 is 14.7 Å². The molecule has 0 spiro atoms. The average Bonchev–Trinajstić information content (AvgIpc) is 2.94. The zero-order valence-corrected chi connectivity index (χ0v) is 25.4. The van der Waals surface area contributed by atoms with E-state index in [2.05, 4.69) is 125 Å². The number of rotatable bonds is 12. The fourth-order valence-corrected chi connectivity index (χ4v) is 6.14. The van der Waals surface area contributed by atoms with Crippen LogP contribution in [0.5, 0.6) is 0 Å². The summed E-state index contributed by atoms with van der Waals surface area (Å²) in [5.74, 6) is 1.17. The summed E-state index contributed by atoms with van der Waals surface area (Å²) in [7, 11) is 8.51. The first-order valence-corrected chi connectivity index (χ1v) is 14.9. The maximum atomic E-state index is 6.09. The first kappa shape index (κ1) is 29.5. The molecule has 0 unspecified atom stereocenters. The van der Waals surface area contributed by atoms with Crippen molar-refractivity contribution in [2.75, 3.05) is 80.8 Å². The zero-order chi connectivity index (χ0) is 27.8. The minimum atomic E-state index is 0.174. The van der Waals surface area contributed by atoms with Gasteiger partial charge in [0.15, 0.2) is 0 Å². The molecule has 1 aliphatic heterocycles. The van der Waals surface area contributed by atoms with Crippen molar-refractivity contribution in [3.05, 3.63) is 89.5 Å². The molecule has 5 nitrogen and oxygen atoms in total. The molecule has 0 amide bonds. The number of para-hydroxylation sites is 2. The lowest BCUT2D eigenvalue weighted by molar-refractivity contribution is -0.00891. The summed E-state index contributed by atoms with van der Waals surface area (Å²) in [4.78, 5) is 12.0. The summed E-state index contributed by atoms with van der Waals surface area (Å²) in [6, 6.07) is 26.6. The molecule has 0 atom stereocenters. The molecule has 0 aromatic heterocycles. The minimum Gasteiger partial charge on any atom is -0.377 e. The highest BCUT2D eigenvalue weighted by Crippen LogP contribution is 2.35. The molecule has 0 N–H and O–H groups in total. The largest absolute Gasteiger partial charge is 0.377 e. The topological polar surface area (TPSA) is 16.2 Å². The zero-order valence-electron chi connectivity index (χ0n) is 23.9. The van der Waals surface area contributed by atoms with E-state index in [9.17, 15) is 0 Å². The highest BCUT2D eigenvalue weighted by atomic mass is 35.5. The smallest absolute Gasteiger partial charge is 0.0892 e. The Hall–Kier alpha value is -2.44. The van der Waals surface area contributed by atoms with Crippen molar-refractivity contribution in [2.24, 2.45) is 0 Å². The van der Waals surface area contributed by atoms with Crippen LogP contribution in [-0.2, 0) is 13.1 Å². The second kappa shape index (κ2) is 14.3. The van der Waals surface area contributed by atoms with E-state index in [1.54, 1.807) is 0 Å². The van der Waals surface area contributed by atoms with E-state index in [4.69, 9.17) is 23.2 Å². The summed E-state index contributed by atoms with van der Waals surface area (Å²) in [6.07, 6.45) is 1.31. The summed E-state index contributed by atoms with van der Waals surface area (Å²) in [5, 5.41) is 0. The Morgan fingerprint density at radius 2 is 1.13 bits per heavy atom. The molecule has 0 bridgehead atoms. The van der Waals surface area contributed by atoms with Crippen LogP contribution in [-0.4, -0.2) is 75.9 Å². The molecule has 0 aliphatic carbocycles. The van der Waals surface area contributed by atoms with E-state index >= 15 is 0 Å². The van der Waals surface area contributed by atoms with E-state index in [-0.39, 0.29) is 6.17 Å². The first-order chi connectivity index (χ1) is 18.9. The van der Waals surface area contributed by atoms with Crippen LogP contribution in [0.25, 0.3) is 0 Å². The van der Waals surface area contributed by atoms with Crippen molar-refractivity contribution in [1.82, 2.24) is 9.80 Å². The average molecular weight is 569 g/mol. The monoisotopic (exact) mass is 567 g/mol. The third-order valence-corrected chi connectivity index (χ3v) is 7.88. The Morgan fingerprint density at radius 3 is 1.56 bits per heavy atom. The number of nitrogens with zero attached hydrogens (tertiary/aromatic N) is 5. The minimum absolute atomic E-state index is 0.174. The van der Waals surface area contributed by atoms with Gasteiger partial charge >= 0.3 is 0 Å². The van der Waals surface area contributed by atoms with E-state index in [0.717, 1.165) is 45.7 Å². The molecule has 1 saturated heterocycles. The molecular formula is C32H43Cl2N5. The van der Waals surface area contributed by atoms with E-state index in [1.807, 2.05) is 0 Å². The lowest BCUT2D eigenvalue weighted by Gasteiger charge is -2.45. The van der Waals surface area contributed by atoms with Crippen LogP contribution in [0.15, 0.2) is 72.8 Å². The molecule has 3 aromatic carbocycles. The fraction of sp³-hybridized carbons (Fsp3) is 0.438. The summed E-state index contributed by atoms with van der Waals surface area (Å²) < 4.78 is 0. The van der Waals surface area contributed by atoms with Crippen molar-refractivity contribution >= 4 is 40.3 Å². The Balaban J connectivity index is 1.69. The second-order valence-corrected chi connectivity index (χ2v) is 11.4. The summed E-state index contributed by atoms with van der Waals surface area (Å²) in [6.45, 7) is 5.50. The molecule has 4 rings (SSSR count). The Kier molecular flexibility index (Phi) is 10.8. The maximum Gasteiger partial charge on any atom is 0.0892 e. The van der Waals surface area contributed by atoms with Gasteiger partial charge in [-0.15, -0.1) is 23.2 Å². The van der Waals surface area contributed by atoms with Crippen LogP contribution in [0.4, 0.5) is 17.1 Å². The van der Waals surface area contributed by atoms with Crippen molar-refractivity contribution in [3.8, 4) is 0 Å². The lowest BCUT2D eigenvalue weighted by atomic mass is 10.0. The van der Waals surface area contributed by atoms with Gasteiger partial charge in [-0.3, -0.25) is 9.80 Å². The lowest BCUT2D eigenvalue weighted by Crippen LogP contribution is -2.47. The van der Waals surface area contributed by atoms with Gasteiger partial charge in [-0.2, -0.15) is 0 Å². The number of benzene rings is 3. The molecule has 3 aromatic rings. The van der Waals surface area contributed by atoms with Gasteiger partial charge < -0.3 is 14.7 Å². The van der Waals surface area contributed by atoms with Crippen LogP contribution in [0.2, 0.25) is 0 Å². The van der Waals surface area contributed by atoms with Crippen molar-refractivity contribution in [3.63, 3.8) is 0 Å². The van der Waals surface area contributed by atoms with Gasteiger partial charge in [0.05, 0.1) is 6.17 Å². The molecule has 1 aliphatic rings. The number of alkyl halides is 2. The van der Waals surface area contributed by atoms with Crippen molar-refractivity contribution in [2.45, 2.75) is 25.7 Å². The highest BCUT2D eigenvalue weighted by Gasteiger charge is 2.32. The van der Waals surface area contributed by atoms with Gasteiger partial charge in [-0.05, 0) is 47.4 Å². The fourth-order valence-electron chi connectivity index (χ4n) is 5.74. The quantitative estimate of drug-likeness (QED) is 0.231. The summed E-state index contributed by atoms with van der Waals surface area (Å²) in [5.41, 5.74) is 7.76. The van der Waals surface area contributed by atoms with Crippen LogP contribution in [0.3, 0.4) is 0 Å². The number of hydrogen-bond acceptors (Lipinski definition) is 5.